The molecule has 56 heavy (non-hydrogen) atoms. The number of para-hydroxylation sites is 2. The molecule has 0 spiro atoms. The molecule has 3 aliphatic rings. The normalized spacial score (nSPS) is 21.1. The van der Waals surface area contributed by atoms with Gasteiger partial charge in [0, 0.05) is 58.1 Å². The minimum absolute atomic E-state index is 0. The number of rotatable bonds is 7. The van der Waals surface area contributed by atoms with Crippen LogP contribution in [-0.2, 0) is 42.6 Å². The number of carbonyl (C=O) groups is 3. The SMILES string of the molecule is CCOCc1ccccc1.CO[C@@H]1[C@H](N(C)C(=O)CNC(=O)OC(C)(C)C)C[C@H]2O[C@]1(C)n1c3ccccc3c3c4c(c5c6ccccc6n2c5c31)C(=O)NC4.[HH].[HH]. The van der Waals surface area contributed by atoms with Crippen LogP contribution < -0.4 is 10.6 Å². The first-order chi connectivity index (χ1) is 26.9. The number of amides is 3. The quantitative estimate of drug-likeness (QED) is 0.170. The smallest absolute Gasteiger partial charge is 0.408 e. The zero-order valence-corrected chi connectivity index (χ0v) is 33.0. The Hall–Kier alpha value is -5.43. The van der Waals surface area contributed by atoms with Crippen LogP contribution in [0.3, 0.4) is 0 Å². The zero-order chi connectivity index (χ0) is 39.5. The predicted octanol–water partition coefficient (Wildman–Crippen LogP) is 7.83. The number of aromatic nitrogens is 2. The van der Waals surface area contributed by atoms with Crippen molar-refractivity contribution in [3.8, 4) is 0 Å². The molecular formula is C44H53N5O7. The number of carbonyl (C=O) groups excluding carboxylic acids is 3. The van der Waals surface area contributed by atoms with E-state index < -0.39 is 35.8 Å². The molecule has 2 bridgehead atoms. The summed E-state index contributed by atoms with van der Waals surface area (Å²) < 4.78 is 28.5. The van der Waals surface area contributed by atoms with Gasteiger partial charge in [0.05, 0.1) is 40.3 Å². The molecule has 1 saturated heterocycles. The molecule has 2 N–H and O–H groups in total. The maximum absolute atomic E-state index is 13.7. The second kappa shape index (κ2) is 14.3. The van der Waals surface area contributed by atoms with Crippen molar-refractivity contribution in [1.82, 2.24) is 24.7 Å². The molecule has 296 valence electrons. The van der Waals surface area contributed by atoms with Crippen LogP contribution >= 0.6 is 0 Å². The van der Waals surface area contributed by atoms with E-state index in [1.807, 2.05) is 56.3 Å². The van der Waals surface area contributed by atoms with Gasteiger partial charge >= 0.3 is 6.09 Å². The number of hydrogen-bond acceptors (Lipinski definition) is 7. The highest BCUT2D eigenvalue weighted by Gasteiger charge is 2.55. The summed E-state index contributed by atoms with van der Waals surface area (Å²) in [6.07, 6.45) is -1.32. The fraction of sp³-hybridized carbons (Fsp3) is 0.386. The standard InChI is InChI=1S/C35H37N5O6.C9H12O.2H2/c1-34(2,3)46-33(43)37-17-24(41)38(5)23-15-25-39-21-13-9-7-11-18(21)27-28-20(16-36-32(28)42)26-19-12-8-10-14-22(19)40(30(26)29(27)39)35(4,45-25)31(23)44-6;1-2-10-8-9-6-4-3-5-7-9;;/h7-14,23,25,31H,15-17H2,1-6H3,(H,36,42)(H,37,43);3-7H,2,8H2,1H3;2*1H/t23-,25-,31-,35+;;;/m1.../s1. The number of ether oxygens (including phenoxy) is 4. The second-order valence-electron chi connectivity index (χ2n) is 15.8. The Bertz CT molecular complexity index is 2510. The number of nitrogens with one attached hydrogen (secondary N) is 2. The molecule has 5 heterocycles. The number of alkyl carbamates (subject to hydrolysis) is 1. The molecule has 9 rings (SSSR count). The highest BCUT2D eigenvalue weighted by atomic mass is 16.6. The lowest BCUT2D eigenvalue weighted by Gasteiger charge is -2.50. The third-order valence-corrected chi connectivity index (χ3v) is 11.2. The summed E-state index contributed by atoms with van der Waals surface area (Å²) in [5.41, 5.74) is 5.01. The van der Waals surface area contributed by atoms with E-state index in [-0.39, 0.29) is 21.2 Å². The fourth-order valence-corrected chi connectivity index (χ4v) is 8.96. The van der Waals surface area contributed by atoms with Crippen molar-refractivity contribution < 1.29 is 36.2 Å². The zero-order valence-electron chi connectivity index (χ0n) is 33.0. The first kappa shape index (κ1) is 37.5. The maximum Gasteiger partial charge on any atom is 0.408 e. The third kappa shape index (κ3) is 6.07. The Balaban J connectivity index is 0.000000416. The van der Waals surface area contributed by atoms with Crippen molar-refractivity contribution in [1.29, 1.82) is 0 Å². The molecular weight excluding hydrogens is 711 g/mol. The highest BCUT2D eigenvalue weighted by Crippen LogP contribution is 2.54. The lowest BCUT2D eigenvalue weighted by molar-refractivity contribution is -0.266. The summed E-state index contributed by atoms with van der Waals surface area (Å²) in [6, 6.07) is 26.1. The third-order valence-electron chi connectivity index (χ3n) is 11.2. The van der Waals surface area contributed by atoms with Crippen LogP contribution in [0.2, 0.25) is 0 Å². The minimum atomic E-state index is -1.06. The summed E-state index contributed by atoms with van der Waals surface area (Å²) in [7, 11) is 3.39. The van der Waals surface area contributed by atoms with Crippen LogP contribution in [0.4, 0.5) is 4.79 Å². The molecule has 3 aliphatic heterocycles. The van der Waals surface area contributed by atoms with E-state index in [1.54, 1.807) is 39.8 Å². The first-order valence-electron chi connectivity index (χ1n) is 19.2. The molecule has 0 unspecified atom stereocenters. The largest absolute Gasteiger partial charge is 0.444 e. The van der Waals surface area contributed by atoms with Gasteiger partial charge in [-0.15, -0.1) is 0 Å². The van der Waals surface area contributed by atoms with Crippen molar-refractivity contribution in [2.24, 2.45) is 0 Å². The average Bonchev–Trinajstić information content (AvgIpc) is 3.83. The van der Waals surface area contributed by atoms with Gasteiger partial charge in [0.25, 0.3) is 5.91 Å². The first-order valence-corrected chi connectivity index (χ1v) is 19.2. The van der Waals surface area contributed by atoms with Crippen molar-refractivity contribution in [2.45, 2.75) is 83.9 Å². The molecule has 3 amide bonds. The number of benzene rings is 4. The van der Waals surface area contributed by atoms with E-state index in [0.29, 0.717) is 18.5 Å². The number of fused-ring (bicyclic) bond motifs is 13. The Morgan fingerprint density at radius 1 is 0.982 bits per heavy atom. The molecule has 0 saturated carbocycles. The van der Waals surface area contributed by atoms with E-state index in [1.165, 1.54) is 5.56 Å². The van der Waals surface area contributed by atoms with Crippen LogP contribution in [0.25, 0.3) is 43.6 Å². The van der Waals surface area contributed by atoms with Crippen molar-refractivity contribution in [3.63, 3.8) is 0 Å². The van der Waals surface area contributed by atoms with Crippen LogP contribution in [-0.4, -0.2) is 77.0 Å². The van der Waals surface area contributed by atoms with E-state index >= 15 is 0 Å². The van der Waals surface area contributed by atoms with E-state index in [0.717, 1.165) is 62.4 Å². The Kier molecular flexibility index (Phi) is 9.54. The van der Waals surface area contributed by atoms with Gasteiger partial charge in [0.2, 0.25) is 5.91 Å². The molecule has 0 aliphatic carbocycles. The molecule has 1 fully saturated rings. The number of hydrogen-bond donors (Lipinski definition) is 2. The van der Waals surface area contributed by atoms with E-state index in [2.05, 4.69) is 56.2 Å². The molecule has 12 heteroatoms. The van der Waals surface area contributed by atoms with Gasteiger partial charge in [-0.1, -0.05) is 66.7 Å². The maximum atomic E-state index is 13.7. The topological polar surface area (TPSA) is 125 Å². The highest BCUT2D eigenvalue weighted by molar-refractivity contribution is 6.31. The van der Waals surface area contributed by atoms with Gasteiger partial charge in [-0.3, -0.25) is 9.59 Å². The Morgan fingerprint density at radius 2 is 1.64 bits per heavy atom. The summed E-state index contributed by atoms with van der Waals surface area (Å²) >= 11 is 0. The Labute approximate surface area is 328 Å². The van der Waals surface area contributed by atoms with Crippen molar-refractivity contribution in [3.05, 3.63) is 95.6 Å². The van der Waals surface area contributed by atoms with Gasteiger partial charge in [0.15, 0.2) is 5.72 Å². The summed E-state index contributed by atoms with van der Waals surface area (Å²) in [6.45, 7) is 11.1. The molecule has 12 nitrogen and oxygen atoms in total. The molecule has 4 aromatic carbocycles. The summed E-state index contributed by atoms with van der Waals surface area (Å²) in [5.74, 6) is -0.357. The molecule has 6 aromatic rings. The average molecular weight is 764 g/mol. The lowest BCUT2D eigenvalue weighted by Crippen LogP contribution is -2.62. The van der Waals surface area contributed by atoms with Crippen molar-refractivity contribution >= 4 is 61.5 Å². The van der Waals surface area contributed by atoms with Crippen molar-refractivity contribution in [2.75, 3.05) is 27.3 Å². The van der Waals surface area contributed by atoms with Gasteiger partial charge in [-0.05, 0) is 57.9 Å². The molecule has 0 radical (unpaired) electrons. The summed E-state index contributed by atoms with van der Waals surface area (Å²) in [4.78, 5) is 41.3. The molecule has 4 atom stereocenters. The summed E-state index contributed by atoms with van der Waals surface area (Å²) in [5, 5.41) is 9.65. The monoisotopic (exact) mass is 763 g/mol. The molecule has 2 aromatic heterocycles. The van der Waals surface area contributed by atoms with Gasteiger partial charge in [-0.25, -0.2) is 4.79 Å². The predicted molar refractivity (Wildman–Crippen MR) is 220 cm³/mol. The van der Waals surface area contributed by atoms with E-state index in [9.17, 15) is 14.4 Å². The number of likely N-dealkylation sites (N-methyl/N-ethyl adjacent to an activating group) is 1. The fourth-order valence-electron chi connectivity index (χ4n) is 8.96. The minimum Gasteiger partial charge on any atom is -0.444 e. The van der Waals surface area contributed by atoms with Gasteiger partial charge < -0.3 is 43.6 Å². The Morgan fingerprint density at radius 3 is 2.32 bits per heavy atom. The van der Waals surface area contributed by atoms with Crippen LogP contribution in [0.1, 0.15) is 71.6 Å². The van der Waals surface area contributed by atoms with Gasteiger partial charge in [0.1, 0.15) is 24.5 Å². The van der Waals surface area contributed by atoms with Gasteiger partial charge in [-0.2, -0.15) is 0 Å². The lowest BCUT2D eigenvalue weighted by atomic mass is 9.91. The van der Waals surface area contributed by atoms with Crippen LogP contribution in [0.5, 0.6) is 0 Å². The van der Waals surface area contributed by atoms with Crippen LogP contribution in [0, 0.1) is 0 Å². The number of methoxy groups -OCH3 is 1. The van der Waals surface area contributed by atoms with Crippen LogP contribution in [0.15, 0.2) is 78.9 Å². The van der Waals surface area contributed by atoms with E-state index in [4.69, 9.17) is 18.9 Å². The number of nitrogens with zero attached hydrogens (tertiary/aromatic N) is 3. The second-order valence-corrected chi connectivity index (χ2v) is 15.8.